The highest BCUT2D eigenvalue weighted by Crippen LogP contribution is 2.15. The van der Waals surface area contributed by atoms with Crippen LogP contribution in [0.5, 0.6) is 0 Å². The molecule has 0 heterocycles. The van der Waals surface area contributed by atoms with Gasteiger partial charge in [-0.25, -0.2) is 0 Å². The van der Waals surface area contributed by atoms with E-state index in [1.807, 2.05) is 21.1 Å². The fourth-order valence-corrected chi connectivity index (χ4v) is 8.63. The van der Waals surface area contributed by atoms with Crippen molar-refractivity contribution in [2.24, 2.45) is 0 Å². The van der Waals surface area contributed by atoms with Crippen LogP contribution in [0.2, 0.25) is 0 Å². The number of allylic oxidation sites excluding steroid dienone is 26. The van der Waals surface area contributed by atoms with Gasteiger partial charge in [0.1, 0.15) is 13.2 Å². The van der Waals surface area contributed by atoms with Crippen molar-refractivity contribution in [3.05, 3.63) is 158 Å². The first-order chi connectivity index (χ1) is 41.6. The second kappa shape index (κ2) is 64.9. The summed E-state index contributed by atoms with van der Waals surface area (Å²) >= 11 is 0. The molecular formula is C76H123NO8. The fraction of sp³-hybridized carbons (Fsp3) is 0.618. The normalized spacial score (nSPS) is 13.8. The van der Waals surface area contributed by atoms with Gasteiger partial charge in [-0.3, -0.25) is 9.59 Å². The van der Waals surface area contributed by atoms with E-state index in [1.54, 1.807) is 0 Å². The smallest absolute Gasteiger partial charge is 0.306 e. The van der Waals surface area contributed by atoms with Crippen molar-refractivity contribution in [1.82, 2.24) is 0 Å². The summed E-state index contributed by atoms with van der Waals surface area (Å²) < 4.78 is 22.7. The fourth-order valence-electron chi connectivity index (χ4n) is 8.63. The van der Waals surface area contributed by atoms with Gasteiger partial charge in [0.2, 0.25) is 0 Å². The Morgan fingerprint density at radius 2 is 0.671 bits per heavy atom. The molecule has 0 aliphatic rings. The van der Waals surface area contributed by atoms with Gasteiger partial charge in [0, 0.05) is 12.8 Å². The first-order valence-corrected chi connectivity index (χ1v) is 33.6. The number of unbranched alkanes of at least 4 members (excludes halogenated alkanes) is 19. The van der Waals surface area contributed by atoms with E-state index in [4.69, 9.17) is 18.9 Å². The van der Waals surface area contributed by atoms with Crippen molar-refractivity contribution in [2.45, 2.75) is 257 Å². The first-order valence-electron chi connectivity index (χ1n) is 33.6. The number of carbonyl (C=O) groups excluding carboxylic acids is 3. The average Bonchev–Trinajstić information content (AvgIpc) is 3.49. The lowest BCUT2D eigenvalue weighted by atomic mass is 10.1. The van der Waals surface area contributed by atoms with Crippen LogP contribution in [0.1, 0.15) is 245 Å². The van der Waals surface area contributed by atoms with Gasteiger partial charge in [-0.05, 0) is 128 Å². The van der Waals surface area contributed by atoms with E-state index in [0.717, 1.165) is 122 Å². The predicted octanol–water partition coefficient (Wildman–Crippen LogP) is 19.6. The molecule has 2 atom stereocenters. The summed E-state index contributed by atoms with van der Waals surface area (Å²) in [5.41, 5.74) is 0. The Morgan fingerprint density at radius 3 is 1.01 bits per heavy atom. The number of hydrogen-bond donors (Lipinski definition) is 0. The van der Waals surface area contributed by atoms with Crippen molar-refractivity contribution in [3.8, 4) is 0 Å². The van der Waals surface area contributed by atoms with Gasteiger partial charge in [0.25, 0.3) is 0 Å². The molecule has 0 spiro atoms. The van der Waals surface area contributed by atoms with E-state index in [2.05, 4.69) is 172 Å². The maximum atomic E-state index is 12.9. The van der Waals surface area contributed by atoms with Crippen LogP contribution in [0, 0.1) is 0 Å². The SMILES string of the molecule is CC/C=C\C/C=C\C/C=C\C/C=C\C/C=C\C/C=C\C/C=C\C/C=C\C/C=C\C/C=C\C/C=C\C/C=C\CCCCCCC(=O)OC(COC(=O)CCCCCCCCCCC/C=C\CCCCCCCC)COC(OCC[N+](C)(C)C)C(=O)[O-]. The molecule has 0 radical (unpaired) electrons. The quantitative estimate of drug-likeness (QED) is 0.0195. The van der Waals surface area contributed by atoms with Crippen LogP contribution in [0.4, 0.5) is 0 Å². The topological polar surface area (TPSA) is 111 Å². The lowest BCUT2D eigenvalue weighted by Crippen LogP contribution is -2.44. The molecular weight excluding hydrogens is 1050 g/mol. The van der Waals surface area contributed by atoms with Crippen molar-refractivity contribution in [3.63, 3.8) is 0 Å². The van der Waals surface area contributed by atoms with Gasteiger partial charge < -0.3 is 33.3 Å². The van der Waals surface area contributed by atoms with Crippen LogP contribution in [0.3, 0.4) is 0 Å². The third-order valence-corrected chi connectivity index (χ3v) is 13.8. The zero-order chi connectivity index (χ0) is 61.9. The average molecular weight is 1180 g/mol. The minimum Gasteiger partial charge on any atom is -0.545 e. The maximum absolute atomic E-state index is 12.9. The summed E-state index contributed by atoms with van der Waals surface area (Å²) in [7, 11) is 5.91. The number of ether oxygens (including phenoxy) is 4. The number of esters is 2. The predicted molar refractivity (Wildman–Crippen MR) is 361 cm³/mol. The van der Waals surface area contributed by atoms with Crippen LogP contribution in [-0.2, 0) is 33.3 Å². The molecule has 0 N–H and O–H groups in total. The Balaban J connectivity index is 4.25. The van der Waals surface area contributed by atoms with Crippen molar-refractivity contribution in [2.75, 3.05) is 47.5 Å². The Hall–Kier alpha value is -5.09. The van der Waals surface area contributed by atoms with Gasteiger partial charge in [-0.1, -0.05) is 262 Å². The highest BCUT2D eigenvalue weighted by molar-refractivity contribution is 5.70. The number of nitrogens with zero attached hydrogens (tertiary/aromatic N) is 1. The summed E-state index contributed by atoms with van der Waals surface area (Å²) in [5, 5.41) is 11.8. The van der Waals surface area contributed by atoms with Gasteiger partial charge in [0.05, 0.1) is 40.3 Å². The molecule has 0 aliphatic heterocycles. The molecule has 9 nitrogen and oxygen atoms in total. The van der Waals surface area contributed by atoms with Crippen LogP contribution in [0.25, 0.3) is 0 Å². The molecule has 0 fully saturated rings. The number of likely N-dealkylation sites (N-methyl/N-ethyl adjacent to an activating group) is 1. The number of carboxylic acid groups (broad SMARTS) is 1. The third kappa shape index (κ3) is 66.3. The molecule has 0 saturated heterocycles. The number of hydrogen-bond acceptors (Lipinski definition) is 8. The standard InChI is InChI=1S/C76H123NO8/c1-6-8-10-12-14-16-18-20-22-24-26-27-28-29-30-31-32-33-34-35-36-37-38-39-40-41-42-43-44-45-46-47-49-51-53-55-57-59-61-63-65-67-74(79)85-72(71-84-76(75(80)81)82-69-68-77(3,4)5)70-83-73(78)66-64-62-60-58-56-54-52-50-48-25-23-21-19-17-15-13-11-9-7-2/h8,10,14,16,20-23,26-27,29-30,32-33,35-36,38-39,41-42,44-45,47,49,53,55,72,76H,6-7,9,11-13,15,17-19,24-25,28,31,34,37,40,43,46,48,50-52,54,56-71H2,1-5H3/b10-8-,16-14-,22-20-,23-21-,27-26-,30-29-,33-32-,36-35-,39-38-,42-41-,45-44-,49-47-,55-53-. The van der Waals surface area contributed by atoms with Crippen LogP contribution in [-0.4, -0.2) is 82.3 Å². The number of carboxylic acids is 1. The van der Waals surface area contributed by atoms with Crippen LogP contribution < -0.4 is 5.11 Å². The van der Waals surface area contributed by atoms with E-state index in [1.165, 1.54) is 89.9 Å². The Bertz CT molecular complexity index is 1950. The summed E-state index contributed by atoms with van der Waals surface area (Å²) in [6.45, 7) is 4.59. The second-order valence-corrected chi connectivity index (χ2v) is 23.0. The third-order valence-electron chi connectivity index (χ3n) is 13.8. The molecule has 0 rings (SSSR count). The number of aliphatic carboxylic acids is 1. The van der Waals surface area contributed by atoms with Gasteiger partial charge in [-0.2, -0.15) is 0 Å². The van der Waals surface area contributed by atoms with E-state index < -0.39 is 24.3 Å². The summed E-state index contributed by atoms with van der Waals surface area (Å²) in [4.78, 5) is 37.4. The minimum atomic E-state index is -1.64. The highest BCUT2D eigenvalue weighted by atomic mass is 16.7. The summed E-state index contributed by atoms with van der Waals surface area (Å²) in [6, 6.07) is 0. The van der Waals surface area contributed by atoms with E-state index in [9.17, 15) is 19.5 Å². The van der Waals surface area contributed by atoms with Crippen LogP contribution >= 0.6 is 0 Å². The molecule has 480 valence electrons. The zero-order valence-corrected chi connectivity index (χ0v) is 54.7. The Labute approximate surface area is 521 Å². The molecule has 0 aromatic carbocycles. The largest absolute Gasteiger partial charge is 0.545 e. The molecule has 0 aromatic heterocycles. The zero-order valence-electron chi connectivity index (χ0n) is 54.7. The van der Waals surface area contributed by atoms with Gasteiger partial charge in [0.15, 0.2) is 12.4 Å². The van der Waals surface area contributed by atoms with E-state index >= 15 is 0 Å². The van der Waals surface area contributed by atoms with Gasteiger partial charge in [-0.15, -0.1) is 0 Å². The Kier molecular flexibility index (Phi) is 61.0. The van der Waals surface area contributed by atoms with E-state index in [-0.39, 0.29) is 38.6 Å². The molecule has 0 bridgehead atoms. The van der Waals surface area contributed by atoms with Gasteiger partial charge >= 0.3 is 11.9 Å². The highest BCUT2D eigenvalue weighted by Gasteiger charge is 2.22. The van der Waals surface area contributed by atoms with Crippen molar-refractivity contribution < 1.29 is 42.9 Å². The maximum Gasteiger partial charge on any atom is 0.306 e. The molecule has 0 aromatic rings. The number of quaternary nitrogens is 1. The minimum absolute atomic E-state index is 0.134. The van der Waals surface area contributed by atoms with E-state index in [0.29, 0.717) is 17.4 Å². The second-order valence-electron chi connectivity index (χ2n) is 23.0. The first kappa shape index (κ1) is 79.9. The van der Waals surface area contributed by atoms with Crippen LogP contribution in [0.15, 0.2) is 158 Å². The number of carbonyl (C=O) groups is 3. The molecule has 0 saturated carbocycles. The molecule has 0 aliphatic carbocycles. The lowest BCUT2D eigenvalue weighted by molar-refractivity contribution is -0.870. The monoisotopic (exact) mass is 1180 g/mol. The van der Waals surface area contributed by atoms with Crippen molar-refractivity contribution >= 4 is 17.9 Å². The number of rotatable bonds is 60. The molecule has 9 heteroatoms. The molecule has 85 heavy (non-hydrogen) atoms. The molecule has 0 amide bonds. The van der Waals surface area contributed by atoms with Crippen molar-refractivity contribution in [1.29, 1.82) is 0 Å². The lowest BCUT2D eigenvalue weighted by Gasteiger charge is -2.26. The molecule has 2 unspecified atom stereocenters. The Morgan fingerprint density at radius 1 is 0.365 bits per heavy atom. The summed E-state index contributed by atoms with van der Waals surface area (Å²) in [5.74, 6) is -2.33. The summed E-state index contributed by atoms with van der Waals surface area (Å²) in [6.07, 6.45) is 93.1.